The first-order valence-corrected chi connectivity index (χ1v) is 13.0. The third kappa shape index (κ3) is 4.41. The summed E-state index contributed by atoms with van der Waals surface area (Å²) >= 11 is 0. The fourth-order valence-electron chi connectivity index (χ4n) is 4.59. The fourth-order valence-corrected chi connectivity index (χ4v) is 5.82. The van der Waals surface area contributed by atoms with Gasteiger partial charge in [0, 0.05) is 18.4 Å². The highest BCUT2D eigenvalue weighted by Gasteiger charge is 2.30. The Kier molecular flexibility index (Phi) is 6.05. The van der Waals surface area contributed by atoms with Crippen LogP contribution in [-0.4, -0.2) is 46.1 Å². The van der Waals surface area contributed by atoms with Crippen LogP contribution in [-0.2, 0) is 10.0 Å². The number of sulfonamides is 1. The number of hydrogen-bond donors (Lipinski definition) is 2. The van der Waals surface area contributed by atoms with Gasteiger partial charge in [-0.2, -0.15) is 0 Å². The van der Waals surface area contributed by atoms with Gasteiger partial charge in [-0.3, -0.25) is 4.40 Å². The first-order chi connectivity index (χ1) is 16.4. The largest absolute Gasteiger partial charge is 0.351 e. The van der Waals surface area contributed by atoms with Gasteiger partial charge in [0.2, 0.25) is 16.0 Å². The van der Waals surface area contributed by atoms with Gasteiger partial charge < -0.3 is 5.32 Å². The number of nitrogens with one attached hydrogen (secondary N) is 2. The smallest absolute Gasteiger partial charge is 0.223 e. The molecule has 0 saturated heterocycles. The number of nitrogens with zero attached hydrogens (tertiary/aromatic N) is 4. The first-order valence-electron chi connectivity index (χ1n) is 11.5. The Bertz CT molecular complexity index is 1410. The summed E-state index contributed by atoms with van der Waals surface area (Å²) in [6.45, 7) is 1.99. The molecule has 3 heterocycles. The molecule has 5 rings (SSSR count). The third-order valence-corrected chi connectivity index (χ3v) is 8.48. The Hall–Kier alpha value is -3.30. The molecule has 3 aromatic heterocycles. The van der Waals surface area contributed by atoms with Crippen LogP contribution in [0, 0.1) is 6.92 Å². The van der Waals surface area contributed by atoms with Crippen LogP contribution in [0.15, 0.2) is 61.1 Å². The number of benzene rings is 1. The van der Waals surface area contributed by atoms with Crippen molar-refractivity contribution in [2.75, 3.05) is 12.4 Å². The normalized spacial score (nSPS) is 18.8. The molecule has 9 heteroatoms. The van der Waals surface area contributed by atoms with Crippen LogP contribution < -0.4 is 10.0 Å². The Balaban J connectivity index is 1.40. The van der Waals surface area contributed by atoms with E-state index in [1.54, 1.807) is 0 Å². The van der Waals surface area contributed by atoms with Crippen molar-refractivity contribution in [3.63, 3.8) is 0 Å². The quantitative estimate of drug-likeness (QED) is 0.436. The summed E-state index contributed by atoms with van der Waals surface area (Å²) in [7, 11) is -1.75. The zero-order chi connectivity index (χ0) is 23.7. The molecule has 176 valence electrons. The van der Waals surface area contributed by atoms with Gasteiger partial charge in [0.25, 0.3) is 0 Å². The van der Waals surface area contributed by atoms with Crippen LogP contribution in [0.4, 0.5) is 5.95 Å². The molecule has 0 atom stereocenters. The van der Waals surface area contributed by atoms with Crippen LogP contribution in [0.25, 0.3) is 28.2 Å². The highest BCUT2D eigenvalue weighted by molar-refractivity contribution is 7.90. The van der Waals surface area contributed by atoms with E-state index in [4.69, 9.17) is 4.98 Å². The van der Waals surface area contributed by atoms with E-state index in [0.29, 0.717) is 18.8 Å². The molecule has 1 aliphatic carbocycles. The minimum atomic E-state index is -3.22. The summed E-state index contributed by atoms with van der Waals surface area (Å²) in [5, 5.41) is 3.09. The minimum absolute atomic E-state index is 0.144. The highest BCUT2D eigenvalue weighted by atomic mass is 32.2. The number of pyridine rings is 1. The van der Waals surface area contributed by atoms with Crippen molar-refractivity contribution in [1.82, 2.24) is 24.1 Å². The number of fused-ring (bicyclic) bond motifs is 1. The van der Waals surface area contributed by atoms with E-state index in [2.05, 4.69) is 48.8 Å². The topological polar surface area (TPSA) is 101 Å². The summed E-state index contributed by atoms with van der Waals surface area (Å²) in [5.41, 5.74) is 5.78. The standard InChI is InChI=1S/C25H28N6O2S/c1-17-14-28-25(29-20-9-11-21(12-10-20)34(32,33)26-2)30-24(17)22-15-27-23-13-8-19(16-31(22)23)18-6-4-3-5-7-18/h3-8,13-16,20-21,26H,9-12H2,1-2H3,(H,28,29,30). The molecular formula is C25H28N6O2S. The SMILES string of the molecule is CNS(=O)(=O)C1CCC(Nc2ncc(C)c(-c3cnc4ccc(-c5ccccc5)cn34)n2)CC1. The molecule has 1 fully saturated rings. The molecule has 0 bridgehead atoms. The van der Waals surface area contributed by atoms with Gasteiger partial charge >= 0.3 is 0 Å². The summed E-state index contributed by atoms with van der Waals surface area (Å²) in [5.74, 6) is 0.551. The van der Waals surface area contributed by atoms with Crippen LogP contribution in [0.1, 0.15) is 31.2 Å². The molecule has 34 heavy (non-hydrogen) atoms. The van der Waals surface area contributed by atoms with Crippen LogP contribution >= 0.6 is 0 Å². The molecule has 8 nitrogen and oxygen atoms in total. The summed E-state index contributed by atoms with van der Waals surface area (Å²) < 4.78 is 28.7. The van der Waals surface area contributed by atoms with Crippen LogP contribution in [0.2, 0.25) is 0 Å². The van der Waals surface area contributed by atoms with E-state index in [0.717, 1.165) is 46.6 Å². The molecule has 0 aliphatic heterocycles. The summed E-state index contributed by atoms with van der Waals surface area (Å²) in [6.07, 6.45) is 8.51. The summed E-state index contributed by atoms with van der Waals surface area (Å²) in [6, 6.07) is 14.5. The van der Waals surface area contributed by atoms with E-state index < -0.39 is 10.0 Å². The summed E-state index contributed by atoms with van der Waals surface area (Å²) in [4.78, 5) is 13.9. The van der Waals surface area contributed by atoms with Crippen LogP contribution in [0.5, 0.6) is 0 Å². The van der Waals surface area contributed by atoms with Crippen molar-refractivity contribution in [2.24, 2.45) is 0 Å². The average molecular weight is 477 g/mol. The van der Waals surface area contributed by atoms with Gasteiger partial charge in [-0.25, -0.2) is 28.1 Å². The van der Waals surface area contributed by atoms with E-state index in [9.17, 15) is 8.42 Å². The number of aromatic nitrogens is 4. The van der Waals surface area contributed by atoms with Crippen molar-refractivity contribution in [3.8, 4) is 22.5 Å². The molecular weight excluding hydrogens is 448 g/mol. The number of anilines is 1. The molecule has 2 N–H and O–H groups in total. The molecule has 0 spiro atoms. The van der Waals surface area contributed by atoms with Gasteiger partial charge in [0.1, 0.15) is 5.65 Å². The lowest BCUT2D eigenvalue weighted by molar-refractivity contribution is 0.448. The van der Waals surface area contributed by atoms with Gasteiger partial charge in [0.15, 0.2) is 0 Å². The van der Waals surface area contributed by atoms with Crippen molar-refractivity contribution in [3.05, 3.63) is 66.6 Å². The first kappa shape index (κ1) is 22.5. The zero-order valence-electron chi connectivity index (χ0n) is 19.3. The number of rotatable bonds is 6. The Morgan fingerprint density at radius 3 is 2.44 bits per heavy atom. The predicted octanol–water partition coefficient (Wildman–Crippen LogP) is 4.04. The lowest BCUT2D eigenvalue weighted by Crippen LogP contribution is -2.37. The molecule has 0 amide bonds. The Labute approximate surface area is 199 Å². The maximum atomic E-state index is 12.1. The fraction of sp³-hybridized carbons (Fsp3) is 0.320. The lowest BCUT2D eigenvalue weighted by atomic mass is 9.95. The van der Waals surface area contributed by atoms with E-state index in [1.807, 2.05) is 43.6 Å². The number of hydrogen-bond acceptors (Lipinski definition) is 6. The molecule has 1 saturated carbocycles. The maximum absolute atomic E-state index is 12.1. The second kappa shape index (κ2) is 9.15. The maximum Gasteiger partial charge on any atom is 0.223 e. The number of imidazole rings is 1. The second-order valence-electron chi connectivity index (χ2n) is 8.75. The molecule has 4 aromatic rings. The third-order valence-electron chi connectivity index (χ3n) is 6.56. The predicted molar refractivity (Wildman–Crippen MR) is 134 cm³/mol. The second-order valence-corrected chi connectivity index (χ2v) is 10.9. The molecule has 1 aliphatic rings. The van der Waals surface area contributed by atoms with E-state index in [1.165, 1.54) is 7.05 Å². The van der Waals surface area contributed by atoms with Crippen LogP contribution in [0.3, 0.4) is 0 Å². The van der Waals surface area contributed by atoms with E-state index >= 15 is 0 Å². The Morgan fingerprint density at radius 2 is 1.71 bits per heavy atom. The monoisotopic (exact) mass is 476 g/mol. The Morgan fingerprint density at radius 1 is 0.941 bits per heavy atom. The van der Waals surface area contributed by atoms with Gasteiger partial charge in [-0.15, -0.1) is 0 Å². The van der Waals surface area contributed by atoms with Crippen molar-refractivity contribution < 1.29 is 8.42 Å². The van der Waals surface area contributed by atoms with Crippen molar-refractivity contribution in [1.29, 1.82) is 0 Å². The van der Waals surface area contributed by atoms with Gasteiger partial charge in [-0.1, -0.05) is 30.3 Å². The number of aryl methyl sites for hydroxylation is 1. The lowest BCUT2D eigenvalue weighted by Gasteiger charge is -2.28. The van der Waals surface area contributed by atoms with Gasteiger partial charge in [-0.05, 0) is 68.5 Å². The van der Waals surface area contributed by atoms with Gasteiger partial charge in [0.05, 0.1) is 22.8 Å². The zero-order valence-corrected chi connectivity index (χ0v) is 20.1. The van der Waals surface area contributed by atoms with Crippen molar-refractivity contribution >= 4 is 21.6 Å². The van der Waals surface area contributed by atoms with Crippen molar-refractivity contribution in [2.45, 2.75) is 43.9 Å². The highest BCUT2D eigenvalue weighted by Crippen LogP contribution is 2.28. The average Bonchev–Trinajstić information content (AvgIpc) is 3.29. The molecule has 0 radical (unpaired) electrons. The molecule has 1 aromatic carbocycles. The minimum Gasteiger partial charge on any atom is -0.351 e. The van der Waals surface area contributed by atoms with E-state index in [-0.39, 0.29) is 11.3 Å². The molecule has 0 unspecified atom stereocenters.